The van der Waals surface area contributed by atoms with Crippen LogP contribution in [0.1, 0.15) is 16.7 Å². The molecule has 4 heteroatoms. The Balaban J connectivity index is 1.92. The number of esters is 1. The lowest BCUT2D eigenvalue weighted by molar-refractivity contribution is -0.138. The minimum Gasteiger partial charge on any atom is -0.458 e. The van der Waals surface area contributed by atoms with E-state index in [1.807, 2.05) is 31.2 Å². The Morgan fingerprint density at radius 1 is 1.14 bits per heavy atom. The van der Waals surface area contributed by atoms with Gasteiger partial charge in [0.2, 0.25) is 0 Å². The van der Waals surface area contributed by atoms with Gasteiger partial charge in [-0.15, -0.1) is 0 Å². The smallest absolute Gasteiger partial charge is 0.331 e. The summed E-state index contributed by atoms with van der Waals surface area (Å²) in [4.78, 5) is 11.7. The molecular weight excluding hydrogens is 307 g/mol. The minimum absolute atomic E-state index is 0.248. The molecule has 2 nitrogen and oxygen atoms in total. The second kappa shape index (κ2) is 7.30. The highest BCUT2D eigenvalue weighted by atomic mass is 35.5. The van der Waals surface area contributed by atoms with Crippen LogP contribution in [0, 0.1) is 6.92 Å². The molecule has 0 unspecified atom stereocenters. The number of carbonyl (C=O) groups is 1. The SMILES string of the molecule is Cc1ccc(COC(=O)C=Cc2ccc(Cl)cc2Cl)cc1. The van der Waals surface area contributed by atoms with E-state index in [0.717, 1.165) is 5.56 Å². The first-order chi connectivity index (χ1) is 10.0. The van der Waals surface area contributed by atoms with Crippen molar-refractivity contribution in [3.05, 3.63) is 75.3 Å². The molecule has 0 aliphatic rings. The van der Waals surface area contributed by atoms with Gasteiger partial charge in [-0.05, 0) is 36.3 Å². The van der Waals surface area contributed by atoms with Crippen LogP contribution in [0.15, 0.2) is 48.5 Å². The summed E-state index contributed by atoms with van der Waals surface area (Å²) in [5, 5.41) is 1.05. The molecule has 0 aliphatic carbocycles. The van der Waals surface area contributed by atoms with Gasteiger partial charge in [-0.2, -0.15) is 0 Å². The molecule has 2 aromatic carbocycles. The largest absolute Gasteiger partial charge is 0.458 e. The fourth-order valence-electron chi connectivity index (χ4n) is 1.68. The molecule has 0 aromatic heterocycles. The first kappa shape index (κ1) is 15.6. The molecule has 0 spiro atoms. The van der Waals surface area contributed by atoms with Crippen molar-refractivity contribution in [3.8, 4) is 0 Å². The van der Waals surface area contributed by atoms with Gasteiger partial charge in [0.25, 0.3) is 0 Å². The van der Waals surface area contributed by atoms with Crippen LogP contribution in [0.5, 0.6) is 0 Å². The Bertz CT molecular complexity index is 661. The van der Waals surface area contributed by atoms with E-state index in [2.05, 4.69) is 0 Å². The average Bonchev–Trinajstić information content (AvgIpc) is 2.46. The number of hydrogen-bond donors (Lipinski definition) is 0. The molecule has 0 atom stereocenters. The first-order valence-corrected chi connectivity index (χ1v) is 7.15. The van der Waals surface area contributed by atoms with Gasteiger partial charge in [-0.3, -0.25) is 0 Å². The highest BCUT2D eigenvalue weighted by molar-refractivity contribution is 6.35. The minimum atomic E-state index is -0.415. The summed E-state index contributed by atoms with van der Waals surface area (Å²) in [6, 6.07) is 12.9. The summed E-state index contributed by atoms with van der Waals surface area (Å²) in [5.74, 6) is -0.415. The Morgan fingerprint density at radius 2 is 1.86 bits per heavy atom. The third-order valence-corrected chi connectivity index (χ3v) is 3.43. The first-order valence-electron chi connectivity index (χ1n) is 6.40. The Morgan fingerprint density at radius 3 is 2.52 bits per heavy atom. The number of hydrogen-bond acceptors (Lipinski definition) is 2. The van der Waals surface area contributed by atoms with E-state index in [1.165, 1.54) is 11.6 Å². The van der Waals surface area contributed by atoms with Gasteiger partial charge in [-0.25, -0.2) is 4.79 Å². The molecular formula is C17H14Cl2O2. The fraction of sp³-hybridized carbons (Fsp3) is 0.118. The summed E-state index contributed by atoms with van der Waals surface area (Å²) < 4.78 is 5.16. The Hall–Kier alpha value is -1.77. The summed E-state index contributed by atoms with van der Waals surface area (Å²) in [6.45, 7) is 2.26. The molecule has 108 valence electrons. The van der Waals surface area contributed by atoms with Crippen molar-refractivity contribution >= 4 is 35.2 Å². The quantitative estimate of drug-likeness (QED) is 0.581. The normalized spacial score (nSPS) is 10.8. The van der Waals surface area contributed by atoms with E-state index in [9.17, 15) is 4.79 Å². The predicted octanol–water partition coefficient (Wildman–Crippen LogP) is 5.06. The molecule has 2 rings (SSSR count). The monoisotopic (exact) mass is 320 g/mol. The van der Waals surface area contributed by atoms with Crippen molar-refractivity contribution in [1.29, 1.82) is 0 Å². The third-order valence-electron chi connectivity index (χ3n) is 2.86. The van der Waals surface area contributed by atoms with Crippen molar-refractivity contribution < 1.29 is 9.53 Å². The number of aryl methyl sites for hydroxylation is 1. The van der Waals surface area contributed by atoms with Crippen molar-refractivity contribution in [1.82, 2.24) is 0 Å². The fourth-order valence-corrected chi connectivity index (χ4v) is 2.15. The molecule has 0 saturated carbocycles. The van der Waals surface area contributed by atoms with Gasteiger partial charge in [0.15, 0.2) is 0 Å². The van der Waals surface area contributed by atoms with Crippen LogP contribution in [-0.2, 0) is 16.1 Å². The van der Waals surface area contributed by atoms with Crippen molar-refractivity contribution in [2.75, 3.05) is 0 Å². The lowest BCUT2D eigenvalue weighted by Crippen LogP contribution is -2.00. The van der Waals surface area contributed by atoms with Crippen LogP contribution < -0.4 is 0 Å². The van der Waals surface area contributed by atoms with Crippen molar-refractivity contribution in [3.63, 3.8) is 0 Å². The highest BCUT2D eigenvalue weighted by Gasteiger charge is 2.01. The summed E-state index contributed by atoms with van der Waals surface area (Å²) in [6.07, 6.45) is 2.96. The second-order valence-corrected chi connectivity index (χ2v) is 5.44. The number of ether oxygens (including phenoxy) is 1. The summed E-state index contributed by atoms with van der Waals surface area (Å²) >= 11 is 11.8. The molecule has 0 radical (unpaired) electrons. The van der Waals surface area contributed by atoms with Gasteiger partial charge in [0, 0.05) is 16.1 Å². The van der Waals surface area contributed by atoms with Crippen molar-refractivity contribution in [2.45, 2.75) is 13.5 Å². The zero-order valence-electron chi connectivity index (χ0n) is 11.5. The lowest BCUT2D eigenvalue weighted by Gasteiger charge is -2.03. The maximum atomic E-state index is 11.7. The molecule has 0 amide bonds. The number of benzene rings is 2. The van der Waals surface area contributed by atoms with Crippen molar-refractivity contribution in [2.24, 2.45) is 0 Å². The summed E-state index contributed by atoms with van der Waals surface area (Å²) in [7, 11) is 0. The average molecular weight is 321 g/mol. The second-order valence-electron chi connectivity index (χ2n) is 4.59. The van der Waals surface area contributed by atoms with Crippen LogP contribution in [0.2, 0.25) is 10.0 Å². The zero-order chi connectivity index (χ0) is 15.2. The molecule has 0 saturated heterocycles. The van der Waals surface area contributed by atoms with E-state index < -0.39 is 5.97 Å². The van der Waals surface area contributed by atoms with Gasteiger partial charge < -0.3 is 4.74 Å². The van der Waals surface area contributed by atoms with Crippen LogP contribution in [0.25, 0.3) is 6.08 Å². The van der Waals surface area contributed by atoms with Gasteiger partial charge in [0.1, 0.15) is 6.61 Å². The highest BCUT2D eigenvalue weighted by Crippen LogP contribution is 2.22. The van der Waals surface area contributed by atoms with Crippen LogP contribution in [0.3, 0.4) is 0 Å². The molecule has 0 aliphatic heterocycles. The molecule has 2 aromatic rings. The van der Waals surface area contributed by atoms with E-state index >= 15 is 0 Å². The predicted molar refractivity (Wildman–Crippen MR) is 86.5 cm³/mol. The van der Waals surface area contributed by atoms with E-state index in [-0.39, 0.29) is 6.61 Å². The molecule has 0 heterocycles. The lowest BCUT2D eigenvalue weighted by atomic mass is 10.2. The number of rotatable bonds is 4. The summed E-state index contributed by atoms with van der Waals surface area (Å²) in [5.41, 5.74) is 2.84. The maximum absolute atomic E-state index is 11.7. The van der Waals surface area contributed by atoms with Gasteiger partial charge in [-0.1, -0.05) is 59.1 Å². The molecule has 21 heavy (non-hydrogen) atoms. The Labute approximate surface area is 134 Å². The van der Waals surface area contributed by atoms with Crippen LogP contribution in [0.4, 0.5) is 0 Å². The van der Waals surface area contributed by atoms with Crippen LogP contribution in [-0.4, -0.2) is 5.97 Å². The number of halogens is 2. The number of carbonyl (C=O) groups excluding carboxylic acids is 1. The van der Waals surface area contributed by atoms with E-state index in [4.69, 9.17) is 27.9 Å². The molecule has 0 bridgehead atoms. The van der Waals surface area contributed by atoms with E-state index in [1.54, 1.807) is 24.3 Å². The van der Waals surface area contributed by atoms with Gasteiger partial charge in [0.05, 0.1) is 0 Å². The van der Waals surface area contributed by atoms with Gasteiger partial charge >= 0.3 is 5.97 Å². The standard InChI is InChI=1S/C17H14Cl2O2/c1-12-2-4-13(5-3-12)11-21-17(20)9-7-14-6-8-15(18)10-16(14)19/h2-10H,11H2,1H3. The topological polar surface area (TPSA) is 26.3 Å². The Kier molecular flexibility index (Phi) is 5.43. The third kappa shape index (κ3) is 4.92. The zero-order valence-corrected chi connectivity index (χ0v) is 13.0. The van der Waals surface area contributed by atoms with Crippen LogP contribution >= 0.6 is 23.2 Å². The van der Waals surface area contributed by atoms with E-state index in [0.29, 0.717) is 15.6 Å². The molecule has 0 N–H and O–H groups in total. The molecule has 0 fully saturated rings. The maximum Gasteiger partial charge on any atom is 0.331 e.